The van der Waals surface area contributed by atoms with Gasteiger partial charge in [-0.15, -0.1) is 24.0 Å². The molecule has 2 heterocycles. The highest BCUT2D eigenvalue weighted by molar-refractivity contribution is 14.0. The summed E-state index contributed by atoms with van der Waals surface area (Å²) in [6.07, 6.45) is 3.98. The van der Waals surface area contributed by atoms with Crippen LogP contribution in [0.2, 0.25) is 0 Å². The fraction of sp³-hybridized carbons (Fsp3) is 0.478. The lowest BCUT2D eigenvalue weighted by molar-refractivity contribution is 0.167. The van der Waals surface area contributed by atoms with E-state index in [0.717, 1.165) is 44.0 Å². The zero-order valence-corrected chi connectivity index (χ0v) is 20.8. The number of piperidine rings is 1. The summed E-state index contributed by atoms with van der Waals surface area (Å²) in [7, 11) is 0. The molecule has 0 saturated carbocycles. The molecule has 1 aliphatic heterocycles. The van der Waals surface area contributed by atoms with E-state index in [4.69, 9.17) is 9.73 Å². The molecule has 0 radical (unpaired) electrons. The Balaban J connectivity index is 0.00000341. The van der Waals surface area contributed by atoms with E-state index in [1.807, 2.05) is 6.07 Å². The summed E-state index contributed by atoms with van der Waals surface area (Å²) in [4.78, 5) is 11.5. The van der Waals surface area contributed by atoms with Crippen LogP contribution in [0.25, 0.3) is 0 Å². The van der Waals surface area contributed by atoms with Crippen LogP contribution in [0.4, 0.5) is 4.39 Å². The lowest BCUT2D eigenvalue weighted by Gasteiger charge is -2.35. The molecule has 170 valence electrons. The molecule has 8 heteroatoms. The molecule has 3 rings (SSSR count). The number of halogens is 2. The van der Waals surface area contributed by atoms with Crippen molar-refractivity contribution in [2.75, 3.05) is 19.6 Å². The molecular formula is C23H33FIN5O. The minimum absolute atomic E-state index is 0. The van der Waals surface area contributed by atoms with E-state index in [-0.39, 0.29) is 29.8 Å². The Morgan fingerprint density at radius 2 is 2.03 bits per heavy atom. The van der Waals surface area contributed by atoms with E-state index >= 15 is 0 Å². The number of nitrogens with zero attached hydrogens (tertiary/aromatic N) is 3. The van der Waals surface area contributed by atoms with Gasteiger partial charge in [0.2, 0.25) is 5.88 Å². The molecule has 1 fully saturated rings. The highest BCUT2D eigenvalue weighted by Gasteiger charge is 2.21. The Bertz CT molecular complexity index is 823. The van der Waals surface area contributed by atoms with E-state index in [2.05, 4.69) is 41.3 Å². The van der Waals surface area contributed by atoms with Crippen molar-refractivity contribution >= 4 is 29.9 Å². The largest absolute Gasteiger partial charge is 0.439 e. The van der Waals surface area contributed by atoms with Crippen LogP contribution in [-0.2, 0) is 6.54 Å². The first-order valence-corrected chi connectivity index (χ1v) is 10.7. The molecule has 6 nitrogen and oxygen atoms in total. The molecule has 1 aromatic carbocycles. The van der Waals surface area contributed by atoms with Crippen LogP contribution < -0.4 is 15.4 Å². The van der Waals surface area contributed by atoms with E-state index in [1.54, 1.807) is 24.4 Å². The topological polar surface area (TPSA) is 61.8 Å². The number of hydrogen-bond donors (Lipinski definition) is 2. The maximum atomic E-state index is 13.3. The summed E-state index contributed by atoms with van der Waals surface area (Å²) < 4.78 is 18.9. The minimum Gasteiger partial charge on any atom is -0.439 e. The van der Waals surface area contributed by atoms with Crippen LogP contribution in [0.5, 0.6) is 11.6 Å². The van der Waals surface area contributed by atoms with Crippen LogP contribution in [0.3, 0.4) is 0 Å². The first kappa shape index (κ1) is 25.3. The number of benzene rings is 1. The quantitative estimate of drug-likeness (QED) is 0.306. The Kier molecular flexibility index (Phi) is 10.5. The molecule has 0 atom stereocenters. The zero-order chi connectivity index (χ0) is 21.3. The van der Waals surface area contributed by atoms with Crippen molar-refractivity contribution in [3.05, 3.63) is 54.0 Å². The van der Waals surface area contributed by atoms with Gasteiger partial charge in [-0.25, -0.2) is 14.4 Å². The monoisotopic (exact) mass is 541 g/mol. The number of likely N-dealkylation sites (tertiary alicyclic amines) is 1. The summed E-state index contributed by atoms with van der Waals surface area (Å²) in [6, 6.07) is 10.8. The second kappa shape index (κ2) is 12.8. The van der Waals surface area contributed by atoms with Crippen molar-refractivity contribution < 1.29 is 9.13 Å². The Labute approximate surface area is 201 Å². The number of aliphatic imine (C=N–C) groups is 1. The first-order chi connectivity index (χ1) is 14.5. The summed E-state index contributed by atoms with van der Waals surface area (Å²) in [6.45, 7) is 10.1. The van der Waals surface area contributed by atoms with Crippen LogP contribution in [0, 0.1) is 5.82 Å². The predicted octanol–water partition coefficient (Wildman–Crippen LogP) is 4.56. The van der Waals surface area contributed by atoms with Gasteiger partial charge in [0.25, 0.3) is 0 Å². The minimum atomic E-state index is -0.336. The van der Waals surface area contributed by atoms with Gasteiger partial charge < -0.3 is 20.3 Å². The van der Waals surface area contributed by atoms with Gasteiger partial charge in [0.05, 0.1) is 6.54 Å². The van der Waals surface area contributed by atoms with Crippen molar-refractivity contribution in [1.82, 2.24) is 20.5 Å². The van der Waals surface area contributed by atoms with Crippen LogP contribution >= 0.6 is 24.0 Å². The molecule has 0 spiro atoms. The van der Waals surface area contributed by atoms with E-state index < -0.39 is 0 Å². The number of pyridine rings is 1. The van der Waals surface area contributed by atoms with Crippen molar-refractivity contribution in [3.8, 4) is 11.6 Å². The third-order valence-electron chi connectivity index (χ3n) is 5.18. The van der Waals surface area contributed by atoms with Crippen LogP contribution in [0.1, 0.15) is 39.2 Å². The first-order valence-electron chi connectivity index (χ1n) is 10.7. The molecule has 0 bridgehead atoms. The molecule has 1 aliphatic rings. The second-order valence-corrected chi connectivity index (χ2v) is 7.81. The Morgan fingerprint density at radius 3 is 2.65 bits per heavy atom. The van der Waals surface area contributed by atoms with Gasteiger partial charge in [0.1, 0.15) is 11.6 Å². The maximum absolute atomic E-state index is 13.3. The van der Waals surface area contributed by atoms with Gasteiger partial charge >= 0.3 is 0 Å². The number of guanidine groups is 1. The number of hydrogen-bond acceptors (Lipinski definition) is 4. The number of aromatic nitrogens is 1. The molecule has 2 N–H and O–H groups in total. The molecule has 0 unspecified atom stereocenters. The van der Waals surface area contributed by atoms with Gasteiger partial charge in [0.15, 0.2) is 5.96 Å². The van der Waals surface area contributed by atoms with Crippen LogP contribution in [0.15, 0.2) is 47.6 Å². The second-order valence-electron chi connectivity index (χ2n) is 7.81. The summed E-state index contributed by atoms with van der Waals surface area (Å²) in [5.74, 6) is 1.35. The van der Waals surface area contributed by atoms with Crippen molar-refractivity contribution in [3.63, 3.8) is 0 Å². The van der Waals surface area contributed by atoms with Crippen molar-refractivity contribution in [2.24, 2.45) is 4.99 Å². The van der Waals surface area contributed by atoms with Gasteiger partial charge in [0, 0.05) is 50.0 Å². The average molecular weight is 541 g/mol. The summed E-state index contributed by atoms with van der Waals surface area (Å²) in [5.41, 5.74) is 0.980. The van der Waals surface area contributed by atoms with Crippen molar-refractivity contribution in [1.29, 1.82) is 0 Å². The molecule has 1 saturated heterocycles. The standard InChI is InChI=1S/C23H32FN5O.HI/c1-4-25-23(28-20-10-12-29(13-11-20)17(2)3)27-16-18-8-9-22(26-15-18)30-21-7-5-6-19(24)14-21;/h5-9,14-15,17,20H,4,10-13,16H2,1-3H3,(H2,25,27,28);1H. The summed E-state index contributed by atoms with van der Waals surface area (Å²) >= 11 is 0. The fourth-order valence-corrected chi connectivity index (χ4v) is 3.46. The molecule has 31 heavy (non-hydrogen) atoms. The third kappa shape index (κ3) is 8.25. The molecule has 0 aliphatic carbocycles. The zero-order valence-electron chi connectivity index (χ0n) is 18.5. The highest BCUT2D eigenvalue weighted by Crippen LogP contribution is 2.20. The third-order valence-corrected chi connectivity index (χ3v) is 5.18. The van der Waals surface area contributed by atoms with E-state index in [9.17, 15) is 4.39 Å². The number of nitrogens with one attached hydrogen (secondary N) is 2. The van der Waals surface area contributed by atoms with Gasteiger partial charge in [-0.1, -0.05) is 12.1 Å². The normalized spacial score (nSPS) is 15.5. The molecule has 2 aromatic rings. The Morgan fingerprint density at radius 1 is 1.26 bits per heavy atom. The average Bonchev–Trinajstić information content (AvgIpc) is 2.74. The predicted molar refractivity (Wildman–Crippen MR) is 134 cm³/mol. The lowest BCUT2D eigenvalue weighted by atomic mass is 10.0. The van der Waals surface area contributed by atoms with Crippen LogP contribution in [-0.4, -0.2) is 47.6 Å². The van der Waals surface area contributed by atoms with Gasteiger partial charge in [-0.2, -0.15) is 0 Å². The maximum Gasteiger partial charge on any atom is 0.219 e. The van der Waals surface area contributed by atoms with Crippen molar-refractivity contribution in [2.45, 2.75) is 52.2 Å². The Hall–Kier alpha value is -1.94. The molecular weight excluding hydrogens is 508 g/mol. The highest BCUT2D eigenvalue weighted by atomic mass is 127. The van der Waals surface area contributed by atoms with E-state index in [0.29, 0.717) is 30.3 Å². The number of rotatable bonds is 7. The van der Waals surface area contributed by atoms with Gasteiger partial charge in [-0.3, -0.25) is 0 Å². The molecule has 1 aromatic heterocycles. The fourth-order valence-electron chi connectivity index (χ4n) is 3.46. The SMILES string of the molecule is CCNC(=NCc1ccc(Oc2cccc(F)c2)nc1)NC1CCN(C(C)C)CC1.I. The van der Waals surface area contributed by atoms with Gasteiger partial charge in [-0.05, 0) is 51.3 Å². The lowest BCUT2D eigenvalue weighted by Crippen LogP contribution is -2.49. The number of ether oxygens (including phenoxy) is 1. The summed E-state index contributed by atoms with van der Waals surface area (Å²) in [5, 5.41) is 6.90. The van der Waals surface area contributed by atoms with E-state index in [1.165, 1.54) is 12.1 Å². The smallest absolute Gasteiger partial charge is 0.219 e. The molecule has 0 amide bonds.